The number of likely N-dealkylation sites (tertiary alicyclic amines) is 1. The summed E-state index contributed by atoms with van der Waals surface area (Å²) in [5, 5.41) is 4.93. The van der Waals surface area contributed by atoms with Gasteiger partial charge in [0.05, 0.1) is 16.5 Å². The molecule has 0 unspecified atom stereocenters. The monoisotopic (exact) mass is 479 g/mol. The molecular formula is C25H35F2N3O4. The van der Waals surface area contributed by atoms with Crippen LogP contribution in [0.3, 0.4) is 0 Å². The predicted molar refractivity (Wildman–Crippen MR) is 125 cm³/mol. The maximum Gasteiger partial charge on any atom is 0.387 e. The number of nitrogens with zero attached hydrogens (tertiary/aromatic N) is 3. The Kier molecular flexibility index (Phi) is 8.62. The van der Waals surface area contributed by atoms with E-state index in [-0.39, 0.29) is 34.8 Å². The molecule has 1 amide bonds. The number of rotatable bonds is 10. The van der Waals surface area contributed by atoms with Crippen LogP contribution in [0.1, 0.15) is 63.2 Å². The molecule has 9 heteroatoms. The number of benzene rings is 1. The second-order valence-corrected chi connectivity index (χ2v) is 10.2. The quantitative estimate of drug-likeness (QED) is 0.357. The minimum atomic E-state index is -3.05. The number of fused-ring (bicyclic) bond motifs is 1. The molecule has 1 aliphatic heterocycles. The molecule has 7 nitrogen and oxygen atoms in total. The molecule has 34 heavy (non-hydrogen) atoms. The number of carbonyl (C=O) groups is 2. The standard InChI is InChI=1S/C25H35F2N3O4/c1-25(2,3)14-22(32)29-11-9-17(10-12-29)15-30-16-19-20(28-30)8-7-18(23(19)34-24(26)27)21(31)6-5-13-33-4/h7-8,16-17,24H,5-6,9-15H2,1-4H3. The van der Waals surface area contributed by atoms with Crippen molar-refractivity contribution in [2.75, 3.05) is 26.8 Å². The molecule has 0 saturated carbocycles. The van der Waals surface area contributed by atoms with Crippen LogP contribution in [0.25, 0.3) is 10.9 Å². The van der Waals surface area contributed by atoms with E-state index in [1.807, 2.05) is 4.90 Å². The van der Waals surface area contributed by atoms with Crippen LogP contribution in [0, 0.1) is 11.3 Å². The average Bonchev–Trinajstić information content (AvgIpc) is 3.16. The lowest BCUT2D eigenvalue weighted by Gasteiger charge is -2.33. The molecular weight excluding hydrogens is 444 g/mol. The summed E-state index contributed by atoms with van der Waals surface area (Å²) >= 11 is 0. The van der Waals surface area contributed by atoms with E-state index in [0.717, 1.165) is 12.8 Å². The van der Waals surface area contributed by atoms with Crippen LogP contribution in [0.15, 0.2) is 18.3 Å². The molecule has 2 aromatic rings. The van der Waals surface area contributed by atoms with Crippen LogP contribution in [0.4, 0.5) is 8.78 Å². The van der Waals surface area contributed by atoms with Gasteiger partial charge >= 0.3 is 6.61 Å². The Morgan fingerprint density at radius 2 is 1.91 bits per heavy atom. The molecule has 188 valence electrons. The largest absolute Gasteiger partial charge is 0.433 e. The number of hydrogen-bond donors (Lipinski definition) is 0. The van der Waals surface area contributed by atoms with Crippen LogP contribution in [0.2, 0.25) is 0 Å². The highest BCUT2D eigenvalue weighted by molar-refractivity contribution is 6.04. The molecule has 1 saturated heterocycles. The van der Waals surface area contributed by atoms with Gasteiger partial charge in [0.15, 0.2) is 5.78 Å². The van der Waals surface area contributed by atoms with Crippen molar-refractivity contribution in [2.24, 2.45) is 11.3 Å². The summed E-state index contributed by atoms with van der Waals surface area (Å²) in [5.41, 5.74) is 0.599. The smallest absolute Gasteiger partial charge is 0.387 e. The number of ether oxygens (including phenoxy) is 2. The number of aromatic nitrogens is 2. The van der Waals surface area contributed by atoms with Crippen LogP contribution in [0.5, 0.6) is 5.75 Å². The number of alkyl halides is 2. The van der Waals surface area contributed by atoms with Gasteiger partial charge in [0.2, 0.25) is 5.91 Å². The van der Waals surface area contributed by atoms with Gasteiger partial charge in [0.1, 0.15) is 5.75 Å². The van der Waals surface area contributed by atoms with Crippen LogP contribution in [-0.4, -0.2) is 59.8 Å². The first kappa shape index (κ1) is 26.1. The molecule has 0 bridgehead atoms. The van der Waals surface area contributed by atoms with E-state index in [4.69, 9.17) is 9.47 Å². The Bertz CT molecular complexity index is 992. The van der Waals surface area contributed by atoms with Crippen LogP contribution >= 0.6 is 0 Å². The Morgan fingerprint density at radius 1 is 1.21 bits per heavy atom. The Hall–Kier alpha value is -2.55. The summed E-state index contributed by atoms with van der Waals surface area (Å²) in [7, 11) is 1.55. The molecule has 1 aromatic heterocycles. The minimum Gasteiger partial charge on any atom is -0.433 e. The maximum absolute atomic E-state index is 13.2. The van der Waals surface area contributed by atoms with Gasteiger partial charge in [0, 0.05) is 52.4 Å². The lowest BCUT2D eigenvalue weighted by Crippen LogP contribution is -2.40. The van der Waals surface area contributed by atoms with Gasteiger partial charge in [-0.3, -0.25) is 14.3 Å². The molecule has 0 spiro atoms. The number of amides is 1. The van der Waals surface area contributed by atoms with Gasteiger partial charge in [-0.1, -0.05) is 20.8 Å². The minimum absolute atomic E-state index is 0.0366. The van der Waals surface area contributed by atoms with E-state index in [2.05, 4.69) is 25.9 Å². The molecule has 0 atom stereocenters. The van der Waals surface area contributed by atoms with E-state index in [1.54, 1.807) is 24.1 Å². The first-order valence-electron chi connectivity index (χ1n) is 11.8. The molecule has 1 fully saturated rings. The van der Waals surface area contributed by atoms with Gasteiger partial charge in [-0.25, -0.2) is 0 Å². The average molecular weight is 480 g/mol. The number of carbonyl (C=O) groups excluding carboxylic acids is 2. The fourth-order valence-electron chi connectivity index (χ4n) is 4.35. The number of Topliss-reactive ketones (excluding diaryl/α,β-unsaturated/α-hetero) is 1. The SMILES string of the molecule is COCCCC(=O)c1ccc2nn(CC3CCN(C(=O)CC(C)(C)C)CC3)cc2c1OC(F)F. The van der Waals surface area contributed by atoms with E-state index >= 15 is 0 Å². The van der Waals surface area contributed by atoms with Crippen LogP contribution < -0.4 is 4.74 Å². The van der Waals surface area contributed by atoms with Gasteiger partial charge in [-0.05, 0) is 42.7 Å². The molecule has 2 heterocycles. The fourth-order valence-corrected chi connectivity index (χ4v) is 4.35. The number of halogens is 2. The van der Waals surface area contributed by atoms with Gasteiger partial charge in [-0.2, -0.15) is 13.9 Å². The zero-order chi connectivity index (χ0) is 24.9. The Morgan fingerprint density at radius 3 is 2.53 bits per heavy atom. The molecule has 0 N–H and O–H groups in total. The topological polar surface area (TPSA) is 73.7 Å². The van der Waals surface area contributed by atoms with Crippen molar-refractivity contribution >= 4 is 22.6 Å². The molecule has 3 rings (SSSR count). The van der Waals surface area contributed by atoms with E-state index in [1.165, 1.54) is 6.07 Å². The molecule has 0 radical (unpaired) electrons. The molecule has 1 aliphatic rings. The summed E-state index contributed by atoms with van der Waals surface area (Å²) in [5.74, 6) is 0.119. The Labute approximate surface area is 199 Å². The highest BCUT2D eigenvalue weighted by atomic mass is 19.3. The number of ketones is 1. The Balaban J connectivity index is 1.71. The first-order valence-corrected chi connectivity index (χ1v) is 11.8. The van der Waals surface area contributed by atoms with Gasteiger partial charge < -0.3 is 14.4 Å². The second-order valence-electron chi connectivity index (χ2n) is 10.2. The fraction of sp³-hybridized carbons (Fsp3) is 0.640. The zero-order valence-corrected chi connectivity index (χ0v) is 20.5. The maximum atomic E-state index is 13.2. The van der Waals surface area contributed by atoms with E-state index < -0.39 is 6.61 Å². The van der Waals surface area contributed by atoms with Crippen molar-refractivity contribution in [3.8, 4) is 5.75 Å². The summed E-state index contributed by atoms with van der Waals surface area (Å²) < 4.78 is 37.8. The summed E-state index contributed by atoms with van der Waals surface area (Å²) in [6.07, 6.45) is 4.60. The van der Waals surface area contributed by atoms with Crippen molar-refractivity contribution in [1.29, 1.82) is 0 Å². The third-order valence-corrected chi connectivity index (χ3v) is 6.04. The third-order valence-electron chi connectivity index (χ3n) is 6.04. The zero-order valence-electron chi connectivity index (χ0n) is 20.5. The van der Waals surface area contributed by atoms with Crippen LogP contribution in [-0.2, 0) is 16.1 Å². The van der Waals surface area contributed by atoms with E-state index in [0.29, 0.717) is 55.9 Å². The van der Waals surface area contributed by atoms with Crippen molar-refractivity contribution in [3.63, 3.8) is 0 Å². The third kappa shape index (κ3) is 6.98. The van der Waals surface area contributed by atoms with E-state index in [9.17, 15) is 18.4 Å². The number of methoxy groups -OCH3 is 1. The normalized spacial score (nSPS) is 15.3. The molecule has 0 aliphatic carbocycles. The highest BCUT2D eigenvalue weighted by Gasteiger charge is 2.27. The second kappa shape index (κ2) is 11.3. The van der Waals surface area contributed by atoms with Gasteiger partial charge in [-0.15, -0.1) is 0 Å². The first-order chi connectivity index (χ1) is 16.1. The lowest BCUT2D eigenvalue weighted by atomic mass is 9.90. The highest BCUT2D eigenvalue weighted by Crippen LogP contribution is 2.33. The lowest BCUT2D eigenvalue weighted by molar-refractivity contribution is -0.134. The van der Waals surface area contributed by atoms with Gasteiger partial charge in [0.25, 0.3) is 0 Å². The molecule has 1 aromatic carbocycles. The van der Waals surface area contributed by atoms with Crippen molar-refractivity contribution in [3.05, 3.63) is 23.9 Å². The summed E-state index contributed by atoms with van der Waals surface area (Å²) in [4.78, 5) is 27.0. The van der Waals surface area contributed by atoms with Crippen molar-refractivity contribution in [1.82, 2.24) is 14.7 Å². The number of piperidine rings is 1. The van der Waals surface area contributed by atoms with Crippen molar-refractivity contribution < 1.29 is 27.8 Å². The summed E-state index contributed by atoms with van der Waals surface area (Å²) in [6.45, 7) is 5.58. The summed E-state index contributed by atoms with van der Waals surface area (Å²) in [6, 6.07) is 3.17. The van der Waals surface area contributed by atoms with Crippen molar-refractivity contribution in [2.45, 2.75) is 66.0 Å². The predicted octanol–water partition coefficient (Wildman–Crippen LogP) is 4.92. The number of hydrogen-bond acceptors (Lipinski definition) is 5.